The van der Waals surface area contributed by atoms with Crippen LogP contribution in [0, 0.1) is 13.8 Å². The van der Waals surface area contributed by atoms with Gasteiger partial charge < -0.3 is 9.64 Å². The molecule has 5 nitrogen and oxygen atoms in total. The second kappa shape index (κ2) is 6.45. The van der Waals surface area contributed by atoms with Crippen molar-refractivity contribution in [2.24, 2.45) is 0 Å². The van der Waals surface area contributed by atoms with Crippen LogP contribution in [-0.4, -0.2) is 33.8 Å². The SMILES string of the molecule is Cc1cn2c(CN(C)C(=O)C3=Cc4cc(Cl)ccc4OC3)c(C)nc2s1. The van der Waals surface area contributed by atoms with Gasteiger partial charge in [0.15, 0.2) is 4.96 Å². The fraction of sp³-hybridized carbons (Fsp3) is 0.263. The monoisotopic (exact) mass is 387 g/mol. The van der Waals surface area contributed by atoms with Crippen molar-refractivity contribution in [3.8, 4) is 5.75 Å². The second-order valence-electron chi connectivity index (χ2n) is 6.44. The van der Waals surface area contributed by atoms with Gasteiger partial charge >= 0.3 is 0 Å². The van der Waals surface area contributed by atoms with Crippen LogP contribution in [0.5, 0.6) is 5.75 Å². The lowest BCUT2D eigenvalue weighted by atomic mass is 10.1. The Labute approximate surface area is 160 Å². The third kappa shape index (κ3) is 2.99. The first-order chi connectivity index (χ1) is 12.4. The zero-order valence-electron chi connectivity index (χ0n) is 14.7. The predicted octanol–water partition coefficient (Wildman–Crippen LogP) is 4.10. The van der Waals surface area contributed by atoms with Crippen molar-refractivity contribution in [3.63, 3.8) is 0 Å². The topological polar surface area (TPSA) is 46.8 Å². The highest BCUT2D eigenvalue weighted by molar-refractivity contribution is 7.17. The lowest BCUT2D eigenvalue weighted by Crippen LogP contribution is -2.31. The van der Waals surface area contributed by atoms with Crippen molar-refractivity contribution in [2.75, 3.05) is 13.7 Å². The highest BCUT2D eigenvalue weighted by Crippen LogP contribution is 2.30. The number of rotatable bonds is 3. The minimum Gasteiger partial charge on any atom is -0.488 e. The maximum absolute atomic E-state index is 12.9. The second-order valence-corrected chi connectivity index (χ2v) is 8.09. The third-order valence-corrected chi connectivity index (χ3v) is 5.57. The molecule has 1 aromatic carbocycles. The number of hydrogen-bond acceptors (Lipinski definition) is 4. The van der Waals surface area contributed by atoms with E-state index < -0.39 is 0 Å². The van der Waals surface area contributed by atoms with E-state index in [-0.39, 0.29) is 12.5 Å². The number of aryl methyl sites for hydroxylation is 2. The molecule has 1 aliphatic rings. The molecule has 0 saturated carbocycles. The Morgan fingerprint density at radius 1 is 1.42 bits per heavy atom. The van der Waals surface area contributed by atoms with E-state index >= 15 is 0 Å². The molecule has 7 heteroatoms. The van der Waals surface area contributed by atoms with Crippen molar-refractivity contribution in [3.05, 3.63) is 56.8 Å². The average Bonchev–Trinajstić information content (AvgIpc) is 3.09. The van der Waals surface area contributed by atoms with E-state index in [2.05, 4.69) is 22.5 Å². The van der Waals surface area contributed by atoms with Gasteiger partial charge in [-0.05, 0) is 38.1 Å². The fourth-order valence-electron chi connectivity index (χ4n) is 3.11. The van der Waals surface area contributed by atoms with Crippen molar-refractivity contribution in [1.82, 2.24) is 14.3 Å². The molecule has 0 radical (unpaired) electrons. The summed E-state index contributed by atoms with van der Waals surface area (Å²) in [5, 5.41) is 0.621. The molecular formula is C19H18ClN3O2S. The van der Waals surface area contributed by atoms with Gasteiger partial charge in [-0.1, -0.05) is 11.6 Å². The van der Waals surface area contributed by atoms with E-state index in [1.54, 1.807) is 29.4 Å². The Morgan fingerprint density at radius 2 is 2.23 bits per heavy atom. The highest BCUT2D eigenvalue weighted by Gasteiger charge is 2.22. The average molecular weight is 388 g/mol. The van der Waals surface area contributed by atoms with Gasteiger partial charge in [0, 0.05) is 28.7 Å². The Morgan fingerprint density at radius 3 is 3.04 bits per heavy atom. The molecule has 0 spiro atoms. The third-order valence-electron chi connectivity index (χ3n) is 4.43. The molecule has 0 saturated heterocycles. The number of carbonyl (C=O) groups is 1. The summed E-state index contributed by atoms with van der Waals surface area (Å²) >= 11 is 7.70. The smallest absolute Gasteiger partial charge is 0.253 e. The first-order valence-corrected chi connectivity index (χ1v) is 9.44. The summed E-state index contributed by atoms with van der Waals surface area (Å²) in [6.45, 7) is 4.78. The molecule has 0 atom stereocenters. The fourth-order valence-corrected chi connectivity index (χ4v) is 4.18. The Balaban J connectivity index is 1.59. The van der Waals surface area contributed by atoms with Crippen molar-refractivity contribution >= 4 is 39.9 Å². The Hall–Kier alpha value is -2.31. The first-order valence-electron chi connectivity index (χ1n) is 8.24. The molecule has 2 aromatic heterocycles. The van der Waals surface area contributed by atoms with Gasteiger partial charge in [-0.15, -0.1) is 11.3 Å². The van der Waals surface area contributed by atoms with Gasteiger partial charge in [-0.3, -0.25) is 9.20 Å². The number of hydrogen-bond donors (Lipinski definition) is 0. The van der Waals surface area contributed by atoms with Gasteiger partial charge in [0.05, 0.1) is 23.5 Å². The summed E-state index contributed by atoms with van der Waals surface area (Å²) in [7, 11) is 1.80. The maximum Gasteiger partial charge on any atom is 0.253 e. The van der Waals surface area contributed by atoms with Crippen LogP contribution in [0.25, 0.3) is 11.0 Å². The predicted molar refractivity (Wildman–Crippen MR) is 104 cm³/mol. The number of imidazole rings is 1. The lowest BCUT2D eigenvalue weighted by Gasteiger charge is -2.22. The van der Waals surface area contributed by atoms with Crippen LogP contribution in [0.1, 0.15) is 21.8 Å². The number of aromatic nitrogens is 2. The van der Waals surface area contributed by atoms with Gasteiger partial charge in [-0.25, -0.2) is 4.98 Å². The number of thiazole rings is 1. The number of nitrogens with zero attached hydrogens (tertiary/aromatic N) is 3. The van der Waals surface area contributed by atoms with Crippen LogP contribution in [0.2, 0.25) is 5.02 Å². The van der Waals surface area contributed by atoms with E-state index in [0.29, 0.717) is 17.1 Å². The van der Waals surface area contributed by atoms with Crippen LogP contribution >= 0.6 is 22.9 Å². The Kier molecular flexibility index (Phi) is 4.25. The highest BCUT2D eigenvalue weighted by atomic mass is 35.5. The summed E-state index contributed by atoms with van der Waals surface area (Å²) in [5.41, 5.74) is 3.42. The molecule has 134 valence electrons. The molecule has 1 amide bonds. The molecule has 1 aliphatic heterocycles. The molecule has 0 N–H and O–H groups in total. The van der Waals surface area contributed by atoms with E-state index in [4.69, 9.17) is 16.3 Å². The van der Waals surface area contributed by atoms with Gasteiger partial charge in [0.2, 0.25) is 0 Å². The van der Waals surface area contributed by atoms with E-state index in [9.17, 15) is 4.79 Å². The summed E-state index contributed by atoms with van der Waals surface area (Å²) in [4.78, 5) is 21.3. The molecule has 0 fully saturated rings. The largest absolute Gasteiger partial charge is 0.488 e. The molecule has 3 aromatic rings. The number of carbonyl (C=O) groups excluding carboxylic acids is 1. The molecule has 26 heavy (non-hydrogen) atoms. The Bertz CT molecular complexity index is 1050. The molecule has 3 heterocycles. The van der Waals surface area contributed by atoms with Gasteiger partial charge in [-0.2, -0.15) is 0 Å². The zero-order chi connectivity index (χ0) is 18.4. The van der Waals surface area contributed by atoms with Crippen molar-refractivity contribution < 1.29 is 9.53 Å². The summed E-state index contributed by atoms with van der Waals surface area (Å²) in [6.07, 6.45) is 3.92. The molecule has 0 unspecified atom stereocenters. The minimum absolute atomic E-state index is 0.0584. The van der Waals surface area contributed by atoms with E-state index in [1.807, 2.05) is 25.1 Å². The van der Waals surface area contributed by atoms with Crippen LogP contribution in [0.4, 0.5) is 0 Å². The molecule has 0 bridgehead atoms. The number of ether oxygens (including phenoxy) is 1. The minimum atomic E-state index is -0.0584. The van der Waals surface area contributed by atoms with Gasteiger partial charge in [0.1, 0.15) is 12.4 Å². The number of fused-ring (bicyclic) bond motifs is 2. The van der Waals surface area contributed by atoms with Crippen LogP contribution < -0.4 is 4.74 Å². The van der Waals surface area contributed by atoms with E-state index in [0.717, 1.165) is 27.7 Å². The standard InChI is InChI=1S/C19H18ClN3O2S/c1-11-8-23-16(12(2)21-19(23)26-11)9-22(3)18(24)14-6-13-7-15(20)4-5-17(13)25-10-14/h4-8H,9-10H2,1-3H3. The zero-order valence-corrected chi connectivity index (χ0v) is 16.3. The maximum atomic E-state index is 12.9. The quantitative estimate of drug-likeness (QED) is 0.679. The number of benzene rings is 1. The van der Waals surface area contributed by atoms with Crippen LogP contribution in [0.3, 0.4) is 0 Å². The summed E-state index contributed by atoms with van der Waals surface area (Å²) < 4.78 is 7.77. The lowest BCUT2D eigenvalue weighted by molar-refractivity contribution is -0.126. The van der Waals surface area contributed by atoms with Crippen LogP contribution in [-0.2, 0) is 11.3 Å². The van der Waals surface area contributed by atoms with Gasteiger partial charge in [0.25, 0.3) is 5.91 Å². The number of likely N-dealkylation sites (N-methyl/N-ethyl adjacent to an activating group) is 1. The number of halogens is 1. The number of amides is 1. The normalized spacial score (nSPS) is 13.3. The van der Waals surface area contributed by atoms with Crippen LogP contribution in [0.15, 0.2) is 30.0 Å². The van der Waals surface area contributed by atoms with Crippen molar-refractivity contribution in [1.29, 1.82) is 0 Å². The molecule has 4 rings (SSSR count). The van der Waals surface area contributed by atoms with E-state index in [1.165, 1.54) is 4.88 Å². The molecule has 0 aliphatic carbocycles. The summed E-state index contributed by atoms with van der Waals surface area (Å²) in [5.74, 6) is 0.688. The first kappa shape index (κ1) is 17.1. The summed E-state index contributed by atoms with van der Waals surface area (Å²) in [6, 6.07) is 5.41. The molecular weight excluding hydrogens is 370 g/mol. The van der Waals surface area contributed by atoms with Crippen molar-refractivity contribution in [2.45, 2.75) is 20.4 Å².